The second-order valence-corrected chi connectivity index (χ2v) is 3.33. The van der Waals surface area contributed by atoms with Gasteiger partial charge in [-0.15, -0.1) is 5.10 Å². The van der Waals surface area contributed by atoms with E-state index in [1.807, 2.05) is 12.1 Å². The van der Waals surface area contributed by atoms with Crippen LogP contribution in [-0.4, -0.2) is 20.2 Å². The zero-order chi connectivity index (χ0) is 9.10. The molecule has 5 nitrogen and oxygen atoms in total. The lowest BCUT2D eigenvalue weighted by Crippen LogP contribution is -1.84. The van der Waals surface area contributed by atoms with Crippen LogP contribution in [0.25, 0.3) is 0 Å². The third kappa shape index (κ3) is 1.97. The number of pyridine rings is 1. The van der Waals surface area contributed by atoms with Crippen molar-refractivity contribution in [3.8, 4) is 0 Å². The maximum absolute atomic E-state index is 5.38. The second-order valence-electron chi connectivity index (χ2n) is 2.29. The largest absolute Gasteiger partial charge is 0.368 e. The van der Waals surface area contributed by atoms with Crippen molar-refractivity contribution >= 4 is 17.7 Å². The Kier molecular flexibility index (Phi) is 2.13. The molecule has 0 aliphatic heterocycles. The first-order chi connectivity index (χ1) is 6.34. The van der Waals surface area contributed by atoms with Gasteiger partial charge in [0.1, 0.15) is 0 Å². The number of nitrogens with zero attached hydrogens (tertiary/aromatic N) is 3. The van der Waals surface area contributed by atoms with Crippen LogP contribution >= 0.6 is 11.8 Å². The number of hydrogen-bond donors (Lipinski definition) is 2. The predicted molar refractivity (Wildman–Crippen MR) is 49.2 cm³/mol. The van der Waals surface area contributed by atoms with Crippen molar-refractivity contribution in [3.05, 3.63) is 24.5 Å². The molecule has 0 saturated carbocycles. The van der Waals surface area contributed by atoms with E-state index in [-0.39, 0.29) is 0 Å². The van der Waals surface area contributed by atoms with Gasteiger partial charge in [-0.05, 0) is 23.9 Å². The Balaban J connectivity index is 2.15. The number of hydrogen-bond acceptors (Lipinski definition) is 5. The minimum absolute atomic E-state index is 0.330. The fraction of sp³-hybridized carbons (Fsp3) is 0. The zero-order valence-electron chi connectivity index (χ0n) is 6.64. The van der Waals surface area contributed by atoms with Gasteiger partial charge in [0.15, 0.2) is 0 Å². The van der Waals surface area contributed by atoms with Crippen molar-refractivity contribution in [1.29, 1.82) is 0 Å². The molecular formula is C7H7N5S. The highest BCUT2D eigenvalue weighted by Gasteiger charge is 2.01. The van der Waals surface area contributed by atoms with Crippen LogP contribution in [-0.2, 0) is 0 Å². The Bertz CT molecular complexity index is 385. The lowest BCUT2D eigenvalue weighted by atomic mass is 10.5. The van der Waals surface area contributed by atoms with E-state index in [4.69, 9.17) is 5.73 Å². The average Bonchev–Trinajstić information content (AvgIpc) is 2.53. The molecule has 66 valence electrons. The number of aromatic amines is 1. The van der Waals surface area contributed by atoms with Crippen LogP contribution in [0.15, 0.2) is 34.6 Å². The van der Waals surface area contributed by atoms with Crippen LogP contribution in [0.2, 0.25) is 0 Å². The molecule has 0 spiro atoms. The fourth-order valence-corrected chi connectivity index (χ4v) is 1.52. The quantitative estimate of drug-likeness (QED) is 0.741. The topological polar surface area (TPSA) is 80.5 Å². The molecule has 0 unspecified atom stereocenters. The number of rotatable bonds is 2. The Hall–Kier alpha value is -1.56. The molecule has 2 aromatic heterocycles. The number of nitrogen functional groups attached to an aromatic ring is 1. The van der Waals surface area contributed by atoms with E-state index < -0.39 is 0 Å². The first kappa shape index (κ1) is 8.06. The van der Waals surface area contributed by atoms with E-state index in [0.29, 0.717) is 11.1 Å². The van der Waals surface area contributed by atoms with Crippen LogP contribution in [0.4, 0.5) is 5.95 Å². The van der Waals surface area contributed by atoms with Crippen LogP contribution in [0.3, 0.4) is 0 Å². The normalized spacial score (nSPS) is 10.2. The summed E-state index contributed by atoms with van der Waals surface area (Å²) in [6.07, 6.45) is 3.44. The first-order valence-electron chi connectivity index (χ1n) is 3.60. The molecule has 3 N–H and O–H groups in total. The van der Waals surface area contributed by atoms with Crippen molar-refractivity contribution in [2.24, 2.45) is 0 Å². The molecule has 6 heteroatoms. The summed E-state index contributed by atoms with van der Waals surface area (Å²) in [5, 5.41) is 7.08. The highest BCUT2D eigenvalue weighted by Crippen LogP contribution is 2.23. The summed E-state index contributed by atoms with van der Waals surface area (Å²) in [5.41, 5.74) is 5.38. The SMILES string of the molecule is Nc1nc(Sc2ccncc2)n[nH]1. The lowest BCUT2D eigenvalue weighted by molar-refractivity contribution is 0.973. The lowest BCUT2D eigenvalue weighted by Gasteiger charge is -1.93. The summed E-state index contributed by atoms with van der Waals surface area (Å²) in [7, 11) is 0. The van der Waals surface area contributed by atoms with Gasteiger partial charge in [0, 0.05) is 17.3 Å². The van der Waals surface area contributed by atoms with Gasteiger partial charge in [-0.2, -0.15) is 4.98 Å². The maximum atomic E-state index is 5.38. The minimum Gasteiger partial charge on any atom is -0.368 e. The molecule has 0 saturated heterocycles. The van der Waals surface area contributed by atoms with Gasteiger partial charge in [0.05, 0.1) is 0 Å². The molecule has 0 bridgehead atoms. The van der Waals surface area contributed by atoms with E-state index >= 15 is 0 Å². The molecule has 0 atom stereocenters. The Morgan fingerprint density at radius 1 is 1.31 bits per heavy atom. The fourth-order valence-electron chi connectivity index (χ4n) is 0.815. The molecule has 0 amide bonds. The minimum atomic E-state index is 0.330. The first-order valence-corrected chi connectivity index (χ1v) is 4.42. The molecule has 13 heavy (non-hydrogen) atoms. The van der Waals surface area contributed by atoms with Crippen LogP contribution in [0, 0.1) is 0 Å². The average molecular weight is 193 g/mol. The standard InChI is InChI=1S/C7H7N5S/c8-6-10-7(12-11-6)13-5-1-3-9-4-2-5/h1-4H,(H3,8,10,11,12). The second kappa shape index (κ2) is 3.44. The molecular weight excluding hydrogens is 186 g/mol. The van der Waals surface area contributed by atoms with Crippen molar-refractivity contribution < 1.29 is 0 Å². The summed E-state index contributed by atoms with van der Waals surface area (Å²) in [6.45, 7) is 0. The van der Waals surface area contributed by atoms with Gasteiger partial charge >= 0.3 is 0 Å². The predicted octanol–water partition coefficient (Wildman–Crippen LogP) is 0.933. The van der Waals surface area contributed by atoms with Gasteiger partial charge < -0.3 is 5.73 Å². The van der Waals surface area contributed by atoms with E-state index in [9.17, 15) is 0 Å². The molecule has 0 radical (unpaired) electrons. The highest BCUT2D eigenvalue weighted by molar-refractivity contribution is 7.99. The summed E-state index contributed by atoms with van der Waals surface area (Å²) in [5.74, 6) is 0.330. The zero-order valence-corrected chi connectivity index (χ0v) is 7.45. The molecule has 2 heterocycles. The Morgan fingerprint density at radius 3 is 2.69 bits per heavy atom. The summed E-state index contributed by atoms with van der Waals surface area (Å²) in [4.78, 5) is 8.90. The smallest absolute Gasteiger partial charge is 0.216 e. The van der Waals surface area contributed by atoms with Crippen molar-refractivity contribution in [1.82, 2.24) is 20.2 Å². The number of H-pyrrole nitrogens is 1. The number of nitrogens with two attached hydrogens (primary N) is 1. The number of anilines is 1. The van der Waals surface area contributed by atoms with Gasteiger partial charge in [0.25, 0.3) is 0 Å². The van der Waals surface area contributed by atoms with Crippen LogP contribution in [0.5, 0.6) is 0 Å². The number of aromatic nitrogens is 4. The Labute approximate surface area is 78.8 Å². The highest BCUT2D eigenvalue weighted by atomic mass is 32.2. The number of nitrogens with one attached hydrogen (secondary N) is 1. The monoisotopic (exact) mass is 193 g/mol. The summed E-state index contributed by atoms with van der Waals surface area (Å²) >= 11 is 1.43. The third-order valence-electron chi connectivity index (χ3n) is 1.34. The van der Waals surface area contributed by atoms with Crippen LogP contribution in [0.1, 0.15) is 0 Å². The molecule has 2 rings (SSSR count). The molecule has 0 aromatic carbocycles. The molecule has 0 aliphatic rings. The van der Waals surface area contributed by atoms with Crippen molar-refractivity contribution in [2.45, 2.75) is 10.1 Å². The van der Waals surface area contributed by atoms with E-state index in [1.165, 1.54) is 11.8 Å². The maximum Gasteiger partial charge on any atom is 0.216 e. The molecule has 2 aromatic rings. The van der Waals surface area contributed by atoms with E-state index in [1.54, 1.807) is 12.4 Å². The van der Waals surface area contributed by atoms with Gasteiger partial charge in [-0.25, -0.2) is 5.10 Å². The Morgan fingerprint density at radius 2 is 2.08 bits per heavy atom. The van der Waals surface area contributed by atoms with Gasteiger partial charge in [-0.3, -0.25) is 4.98 Å². The summed E-state index contributed by atoms with van der Waals surface area (Å²) in [6, 6.07) is 3.77. The molecule has 0 aliphatic carbocycles. The molecule has 0 fully saturated rings. The van der Waals surface area contributed by atoms with E-state index in [0.717, 1.165) is 4.90 Å². The van der Waals surface area contributed by atoms with Crippen molar-refractivity contribution in [3.63, 3.8) is 0 Å². The summed E-state index contributed by atoms with van der Waals surface area (Å²) < 4.78 is 0. The van der Waals surface area contributed by atoms with E-state index in [2.05, 4.69) is 20.2 Å². The van der Waals surface area contributed by atoms with Crippen LogP contribution < -0.4 is 5.73 Å². The third-order valence-corrected chi connectivity index (χ3v) is 2.21. The van der Waals surface area contributed by atoms with Gasteiger partial charge in [-0.1, -0.05) is 0 Å². The van der Waals surface area contributed by atoms with Crippen molar-refractivity contribution in [2.75, 3.05) is 5.73 Å². The van der Waals surface area contributed by atoms with Gasteiger partial charge in [0.2, 0.25) is 11.1 Å².